The lowest BCUT2D eigenvalue weighted by Gasteiger charge is -2.37. The fraction of sp³-hybridized carbons (Fsp3) is 0.419. The van der Waals surface area contributed by atoms with E-state index >= 15 is 0 Å². The number of nitrogens with zero attached hydrogens (tertiary/aromatic N) is 3. The normalized spacial score (nSPS) is 15.7. The summed E-state index contributed by atoms with van der Waals surface area (Å²) in [5.41, 5.74) is 3.35. The molecule has 6 heteroatoms. The number of methoxy groups -OCH3 is 1. The second-order valence-corrected chi connectivity index (χ2v) is 10.0. The standard InChI is InChI=1S/C31H39F2N3O/c1-34(29-7-4-3-5-8-29)23-30(37-2)24-36-21-19-35(20-22-36)18-6-9-31(25-10-14-27(32)15-11-25)26-12-16-28(33)17-13-26/h3-5,7-8,10-17,30-31H,6,9,18-24H2,1-2H3. The van der Waals surface area contributed by atoms with E-state index in [1.807, 2.05) is 30.3 Å². The summed E-state index contributed by atoms with van der Waals surface area (Å²) in [7, 11) is 3.92. The van der Waals surface area contributed by atoms with Crippen LogP contribution in [0.25, 0.3) is 0 Å². The molecule has 0 aliphatic carbocycles. The van der Waals surface area contributed by atoms with Crippen molar-refractivity contribution in [2.45, 2.75) is 24.9 Å². The van der Waals surface area contributed by atoms with Gasteiger partial charge in [0, 0.05) is 65.0 Å². The third-order valence-corrected chi connectivity index (χ3v) is 7.45. The minimum Gasteiger partial charge on any atom is -0.378 e. The van der Waals surface area contributed by atoms with Crippen molar-refractivity contribution in [1.29, 1.82) is 0 Å². The molecular formula is C31H39F2N3O. The number of halogens is 2. The van der Waals surface area contributed by atoms with Crippen molar-refractivity contribution in [3.05, 3.63) is 102 Å². The van der Waals surface area contributed by atoms with Crippen LogP contribution in [-0.2, 0) is 4.74 Å². The Kier molecular flexibility index (Phi) is 10.1. The predicted octanol–water partition coefficient (Wildman–Crippen LogP) is 5.65. The van der Waals surface area contributed by atoms with Gasteiger partial charge in [-0.05, 0) is 66.9 Å². The van der Waals surface area contributed by atoms with Crippen LogP contribution >= 0.6 is 0 Å². The minimum atomic E-state index is -0.234. The number of piperazine rings is 1. The summed E-state index contributed by atoms with van der Waals surface area (Å²) in [5.74, 6) is -0.338. The minimum absolute atomic E-state index is 0.131. The van der Waals surface area contributed by atoms with Gasteiger partial charge in [0.15, 0.2) is 0 Å². The lowest BCUT2D eigenvalue weighted by atomic mass is 9.87. The number of benzene rings is 3. The Bertz CT molecular complexity index is 1010. The molecule has 1 unspecified atom stereocenters. The fourth-order valence-electron chi connectivity index (χ4n) is 5.22. The van der Waals surface area contributed by atoms with Crippen LogP contribution in [0.1, 0.15) is 29.9 Å². The maximum atomic E-state index is 13.5. The van der Waals surface area contributed by atoms with E-state index in [1.54, 1.807) is 7.11 Å². The highest BCUT2D eigenvalue weighted by Gasteiger charge is 2.22. The number of rotatable bonds is 12. The van der Waals surface area contributed by atoms with E-state index in [4.69, 9.17) is 4.74 Å². The van der Waals surface area contributed by atoms with Gasteiger partial charge in [0.25, 0.3) is 0 Å². The Morgan fingerprint density at radius 3 is 1.86 bits per heavy atom. The van der Waals surface area contributed by atoms with Gasteiger partial charge in [0.2, 0.25) is 0 Å². The number of hydrogen-bond acceptors (Lipinski definition) is 4. The maximum absolute atomic E-state index is 13.5. The van der Waals surface area contributed by atoms with Crippen LogP contribution in [0, 0.1) is 11.6 Å². The largest absolute Gasteiger partial charge is 0.378 e. The molecule has 1 saturated heterocycles. The highest BCUT2D eigenvalue weighted by Crippen LogP contribution is 2.30. The number of anilines is 1. The topological polar surface area (TPSA) is 19.0 Å². The predicted molar refractivity (Wildman–Crippen MR) is 147 cm³/mol. The zero-order chi connectivity index (χ0) is 26.0. The molecule has 0 N–H and O–H groups in total. The molecule has 0 spiro atoms. The molecular weight excluding hydrogens is 468 g/mol. The van der Waals surface area contributed by atoms with Gasteiger partial charge in [-0.15, -0.1) is 0 Å². The van der Waals surface area contributed by atoms with Crippen LogP contribution in [0.5, 0.6) is 0 Å². The van der Waals surface area contributed by atoms with Crippen LogP contribution in [0.3, 0.4) is 0 Å². The lowest BCUT2D eigenvalue weighted by molar-refractivity contribution is 0.0465. The molecule has 1 heterocycles. The van der Waals surface area contributed by atoms with E-state index in [9.17, 15) is 8.78 Å². The van der Waals surface area contributed by atoms with E-state index in [0.29, 0.717) is 0 Å². The molecule has 0 saturated carbocycles. The molecule has 3 aromatic carbocycles. The molecule has 4 nitrogen and oxygen atoms in total. The zero-order valence-electron chi connectivity index (χ0n) is 22.0. The summed E-state index contributed by atoms with van der Waals surface area (Å²) in [5, 5.41) is 0. The number of para-hydroxylation sites is 1. The molecule has 0 bridgehead atoms. The van der Waals surface area contributed by atoms with Gasteiger partial charge in [0.05, 0.1) is 6.10 Å². The average Bonchev–Trinajstić information content (AvgIpc) is 2.93. The summed E-state index contributed by atoms with van der Waals surface area (Å²) < 4.78 is 32.8. The first-order valence-corrected chi connectivity index (χ1v) is 13.3. The number of likely N-dealkylation sites (N-methyl/N-ethyl adjacent to an activating group) is 1. The van der Waals surface area contributed by atoms with Crippen molar-refractivity contribution in [3.8, 4) is 0 Å². The first-order valence-electron chi connectivity index (χ1n) is 13.3. The summed E-state index contributed by atoms with van der Waals surface area (Å²) >= 11 is 0. The highest BCUT2D eigenvalue weighted by atomic mass is 19.1. The smallest absolute Gasteiger partial charge is 0.123 e. The molecule has 1 atom stereocenters. The van der Waals surface area contributed by atoms with Crippen molar-refractivity contribution >= 4 is 5.69 Å². The Morgan fingerprint density at radius 1 is 0.784 bits per heavy atom. The van der Waals surface area contributed by atoms with Crippen molar-refractivity contribution < 1.29 is 13.5 Å². The molecule has 1 aliphatic heterocycles. The Hall–Kier alpha value is -2.80. The van der Waals surface area contributed by atoms with Crippen molar-refractivity contribution in [1.82, 2.24) is 9.80 Å². The highest BCUT2D eigenvalue weighted by molar-refractivity contribution is 5.45. The molecule has 0 aromatic heterocycles. The molecule has 37 heavy (non-hydrogen) atoms. The summed E-state index contributed by atoms with van der Waals surface area (Å²) in [6.45, 7) is 6.97. The van der Waals surface area contributed by atoms with Crippen LogP contribution < -0.4 is 4.90 Å². The molecule has 1 aliphatic rings. The van der Waals surface area contributed by atoms with E-state index in [0.717, 1.165) is 69.8 Å². The van der Waals surface area contributed by atoms with Crippen LogP contribution in [-0.4, -0.2) is 75.9 Å². The van der Waals surface area contributed by atoms with Crippen LogP contribution in [0.4, 0.5) is 14.5 Å². The lowest BCUT2D eigenvalue weighted by Crippen LogP contribution is -2.50. The van der Waals surface area contributed by atoms with Gasteiger partial charge < -0.3 is 14.5 Å². The van der Waals surface area contributed by atoms with Crippen molar-refractivity contribution in [2.75, 3.05) is 64.9 Å². The third kappa shape index (κ3) is 8.09. The van der Waals surface area contributed by atoms with Crippen molar-refractivity contribution in [3.63, 3.8) is 0 Å². The Morgan fingerprint density at radius 2 is 1.32 bits per heavy atom. The molecule has 3 aromatic rings. The third-order valence-electron chi connectivity index (χ3n) is 7.45. The first-order chi connectivity index (χ1) is 18.0. The van der Waals surface area contributed by atoms with E-state index in [-0.39, 0.29) is 23.7 Å². The molecule has 0 radical (unpaired) electrons. The van der Waals surface area contributed by atoms with Gasteiger partial charge in [0.1, 0.15) is 11.6 Å². The quantitative estimate of drug-likeness (QED) is 0.316. The average molecular weight is 508 g/mol. The van der Waals surface area contributed by atoms with Crippen LogP contribution in [0.2, 0.25) is 0 Å². The molecule has 1 fully saturated rings. The van der Waals surface area contributed by atoms with Crippen molar-refractivity contribution in [2.24, 2.45) is 0 Å². The van der Waals surface area contributed by atoms with E-state index in [1.165, 1.54) is 30.0 Å². The molecule has 198 valence electrons. The Labute approximate surface area is 220 Å². The monoisotopic (exact) mass is 507 g/mol. The van der Waals surface area contributed by atoms with E-state index < -0.39 is 0 Å². The molecule has 4 rings (SSSR count). The maximum Gasteiger partial charge on any atom is 0.123 e. The van der Waals surface area contributed by atoms with Gasteiger partial charge in [-0.25, -0.2) is 8.78 Å². The van der Waals surface area contributed by atoms with E-state index in [2.05, 4.69) is 46.0 Å². The fourth-order valence-corrected chi connectivity index (χ4v) is 5.22. The van der Waals surface area contributed by atoms with Gasteiger partial charge in [-0.1, -0.05) is 42.5 Å². The summed E-state index contributed by atoms with van der Waals surface area (Å²) in [4.78, 5) is 7.28. The van der Waals surface area contributed by atoms with Gasteiger partial charge in [-0.3, -0.25) is 4.90 Å². The Balaban J connectivity index is 1.24. The summed E-state index contributed by atoms with van der Waals surface area (Å²) in [6, 6.07) is 23.9. The molecule has 0 amide bonds. The van der Waals surface area contributed by atoms with Gasteiger partial charge >= 0.3 is 0 Å². The zero-order valence-corrected chi connectivity index (χ0v) is 22.0. The number of hydrogen-bond donors (Lipinski definition) is 0. The number of ether oxygens (including phenoxy) is 1. The first kappa shape index (κ1) is 27.2. The van der Waals surface area contributed by atoms with Gasteiger partial charge in [-0.2, -0.15) is 0 Å². The van der Waals surface area contributed by atoms with Crippen LogP contribution in [0.15, 0.2) is 78.9 Å². The SMILES string of the molecule is COC(CN1CCN(CCCC(c2ccc(F)cc2)c2ccc(F)cc2)CC1)CN(C)c1ccccc1. The summed E-state index contributed by atoms with van der Waals surface area (Å²) in [6.07, 6.45) is 2.13. The second kappa shape index (κ2) is 13.7. The second-order valence-electron chi connectivity index (χ2n) is 10.0.